The number of aromatic nitrogens is 2. The number of para-hydroxylation sites is 1. The number of imidazole rings is 1. The summed E-state index contributed by atoms with van der Waals surface area (Å²) in [6, 6.07) is 7.28. The van der Waals surface area contributed by atoms with Gasteiger partial charge in [-0.25, -0.2) is 4.98 Å². The summed E-state index contributed by atoms with van der Waals surface area (Å²) in [4.78, 5) is 4.53. The predicted molar refractivity (Wildman–Crippen MR) is 67.3 cm³/mol. The maximum absolute atomic E-state index is 9.87. The second-order valence-corrected chi connectivity index (χ2v) is 4.73. The molecule has 0 saturated heterocycles. The number of hydrogen-bond acceptors (Lipinski definition) is 3. The molecule has 3 rings (SSSR count). The van der Waals surface area contributed by atoms with Crippen LogP contribution in [0.5, 0.6) is 5.75 Å². The molecule has 1 aromatic carbocycles. The molecule has 0 spiro atoms. The molecule has 2 aromatic rings. The number of phenolic OH excluding ortho intramolecular Hbond substituents is 1. The van der Waals surface area contributed by atoms with Crippen LogP contribution in [0.2, 0.25) is 0 Å². The zero-order valence-electron chi connectivity index (χ0n) is 10.1. The second kappa shape index (κ2) is 4.46. The average molecular weight is 244 g/mol. The molecular weight excluding hydrogens is 228 g/mol. The number of hydrogen-bond donors (Lipinski definition) is 2. The number of benzene rings is 1. The van der Waals surface area contributed by atoms with Crippen LogP contribution in [0.25, 0.3) is 0 Å². The number of nitrogens with zero attached hydrogens (tertiary/aromatic N) is 2. The van der Waals surface area contributed by atoms with E-state index < -0.39 is 6.23 Å². The lowest BCUT2D eigenvalue weighted by atomic mass is 10.1. The Labute approximate surface area is 106 Å². The molecule has 1 aliphatic rings. The third-order valence-electron chi connectivity index (χ3n) is 3.41. The maximum Gasteiger partial charge on any atom is 0.131 e. The van der Waals surface area contributed by atoms with Gasteiger partial charge >= 0.3 is 0 Å². The fourth-order valence-electron chi connectivity index (χ4n) is 2.45. The van der Waals surface area contributed by atoms with Crippen LogP contribution in [-0.2, 0) is 12.8 Å². The van der Waals surface area contributed by atoms with Crippen molar-refractivity contribution in [2.24, 2.45) is 0 Å². The van der Waals surface area contributed by atoms with Crippen LogP contribution >= 0.6 is 0 Å². The Morgan fingerprint density at radius 3 is 2.94 bits per heavy atom. The highest BCUT2D eigenvalue weighted by Crippen LogP contribution is 2.25. The van der Waals surface area contributed by atoms with E-state index in [9.17, 15) is 10.2 Å². The van der Waals surface area contributed by atoms with Gasteiger partial charge in [0.2, 0.25) is 0 Å². The zero-order valence-corrected chi connectivity index (χ0v) is 10.1. The van der Waals surface area contributed by atoms with E-state index in [0.29, 0.717) is 12.2 Å². The molecule has 0 saturated carbocycles. The highest BCUT2D eigenvalue weighted by molar-refractivity contribution is 5.34. The molecule has 1 unspecified atom stereocenters. The lowest BCUT2D eigenvalue weighted by molar-refractivity contribution is 0.0780. The van der Waals surface area contributed by atoms with Gasteiger partial charge in [-0.2, -0.15) is 0 Å². The van der Waals surface area contributed by atoms with Crippen LogP contribution in [0.4, 0.5) is 0 Å². The van der Waals surface area contributed by atoms with Crippen molar-refractivity contribution < 1.29 is 10.2 Å². The highest BCUT2D eigenvalue weighted by Gasteiger charge is 2.19. The van der Waals surface area contributed by atoms with E-state index in [-0.39, 0.29) is 0 Å². The van der Waals surface area contributed by atoms with E-state index in [1.807, 2.05) is 22.9 Å². The molecule has 4 heteroatoms. The summed E-state index contributed by atoms with van der Waals surface area (Å²) in [5, 5.41) is 19.6. The smallest absolute Gasteiger partial charge is 0.131 e. The van der Waals surface area contributed by atoms with Gasteiger partial charge in [-0.15, -0.1) is 0 Å². The first kappa shape index (κ1) is 11.3. The summed E-state index contributed by atoms with van der Waals surface area (Å²) in [5.74, 6) is 1.24. The van der Waals surface area contributed by atoms with Crippen LogP contribution in [0.15, 0.2) is 30.5 Å². The number of aliphatic hydroxyl groups is 1. The summed E-state index contributed by atoms with van der Waals surface area (Å²) in [5.41, 5.74) is 1.76. The van der Waals surface area contributed by atoms with Crippen molar-refractivity contribution in [3.8, 4) is 5.75 Å². The van der Waals surface area contributed by atoms with Crippen LogP contribution < -0.4 is 0 Å². The minimum absolute atomic E-state index is 0.295. The molecule has 0 bridgehead atoms. The van der Waals surface area contributed by atoms with Crippen LogP contribution in [-0.4, -0.2) is 19.8 Å². The Morgan fingerprint density at radius 2 is 2.17 bits per heavy atom. The van der Waals surface area contributed by atoms with Gasteiger partial charge in [-0.1, -0.05) is 18.2 Å². The van der Waals surface area contributed by atoms with Gasteiger partial charge in [-0.3, -0.25) is 0 Å². The summed E-state index contributed by atoms with van der Waals surface area (Å²) in [6.45, 7) is 0. The monoisotopic (exact) mass is 244 g/mol. The lowest BCUT2D eigenvalue weighted by Crippen LogP contribution is -2.16. The largest absolute Gasteiger partial charge is 0.508 e. The molecule has 0 amide bonds. The molecule has 1 atom stereocenters. The molecule has 18 heavy (non-hydrogen) atoms. The summed E-state index contributed by atoms with van der Waals surface area (Å²) in [6.07, 6.45) is 4.73. The van der Waals surface area contributed by atoms with Crippen molar-refractivity contribution >= 4 is 0 Å². The van der Waals surface area contributed by atoms with Crippen molar-refractivity contribution in [2.75, 3.05) is 0 Å². The second-order valence-electron chi connectivity index (χ2n) is 4.73. The van der Waals surface area contributed by atoms with Crippen LogP contribution in [0.1, 0.15) is 36.2 Å². The molecular formula is C14H16N2O2. The van der Waals surface area contributed by atoms with Gasteiger partial charge in [-0.05, 0) is 24.5 Å². The molecule has 2 heterocycles. The topological polar surface area (TPSA) is 58.3 Å². The third-order valence-corrected chi connectivity index (χ3v) is 3.41. The number of phenols is 1. The van der Waals surface area contributed by atoms with Gasteiger partial charge in [0.25, 0.3) is 0 Å². The Morgan fingerprint density at radius 1 is 1.33 bits per heavy atom. The van der Waals surface area contributed by atoms with Gasteiger partial charge in [0.15, 0.2) is 0 Å². The molecule has 1 aliphatic heterocycles. The number of aliphatic hydroxyl groups excluding tert-OH is 1. The fourth-order valence-corrected chi connectivity index (χ4v) is 2.45. The van der Waals surface area contributed by atoms with Crippen molar-refractivity contribution in [2.45, 2.75) is 31.9 Å². The first-order valence-electron chi connectivity index (χ1n) is 6.25. The predicted octanol–water partition coefficient (Wildman–Crippen LogP) is 2.01. The highest BCUT2D eigenvalue weighted by atomic mass is 16.3. The van der Waals surface area contributed by atoms with Crippen molar-refractivity contribution in [1.29, 1.82) is 0 Å². The van der Waals surface area contributed by atoms with Crippen LogP contribution in [0.3, 0.4) is 0 Å². The maximum atomic E-state index is 9.87. The minimum atomic E-state index is -0.445. The standard InChI is InChI=1S/C14H16N2O2/c17-12-5-2-1-4-10(12)8-11-9-16-13(15-11)6-3-7-14(16)18/h1-2,4-5,9,14,17-18H,3,6-8H2. The van der Waals surface area contributed by atoms with E-state index in [1.54, 1.807) is 12.1 Å². The molecule has 0 fully saturated rings. The minimum Gasteiger partial charge on any atom is -0.508 e. The summed E-state index contributed by atoms with van der Waals surface area (Å²) >= 11 is 0. The van der Waals surface area contributed by atoms with Crippen LogP contribution in [0, 0.1) is 0 Å². The van der Waals surface area contributed by atoms with Gasteiger partial charge in [0, 0.05) is 19.0 Å². The van der Waals surface area contributed by atoms with Gasteiger partial charge < -0.3 is 14.8 Å². The quantitative estimate of drug-likeness (QED) is 0.849. The van der Waals surface area contributed by atoms with Gasteiger partial charge in [0.1, 0.15) is 17.8 Å². The Bertz CT molecular complexity index is 563. The molecule has 94 valence electrons. The van der Waals surface area contributed by atoms with E-state index in [2.05, 4.69) is 4.98 Å². The Hall–Kier alpha value is -1.81. The fraction of sp³-hybridized carbons (Fsp3) is 0.357. The lowest BCUT2D eigenvalue weighted by Gasteiger charge is -2.19. The number of aryl methyl sites for hydroxylation is 1. The van der Waals surface area contributed by atoms with Crippen molar-refractivity contribution in [3.63, 3.8) is 0 Å². The number of rotatable bonds is 2. The number of fused-ring (bicyclic) bond motifs is 1. The zero-order chi connectivity index (χ0) is 12.5. The van der Waals surface area contributed by atoms with Gasteiger partial charge in [0.05, 0.1) is 5.69 Å². The van der Waals surface area contributed by atoms with Crippen molar-refractivity contribution in [3.05, 3.63) is 47.5 Å². The SMILES string of the molecule is Oc1ccccc1Cc1cn2c(n1)CCCC2O. The normalized spacial score (nSPS) is 18.6. The molecule has 4 nitrogen and oxygen atoms in total. The average Bonchev–Trinajstić information content (AvgIpc) is 2.76. The molecule has 0 aliphatic carbocycles. The van der Waals surface area contributed by atoms with Crippen molar-refractivity contribution in [1.82, 2.24) is 9.55 Å². The molecule has 1 aromatic heterocycles. The van der Waals surface area contributed by atoms with E-state index in [1.165, 1.54) is 0 Å². The Kier molecular flexibility index (Phi) is 2.80. The third kappa shape index (κ3) is 1.99. The van der Waals surface area contributed by atoms with E-state index in [4.69, 9.17) is 0 Å². The van der Waals surface area contributed by atoms with E-state index >= 15 is 0 Å². The Balaban J connectivity index is 1.88. The summed E-state index contributed by atoms with van der Waals surface area (Å²) < 4.78 is 1.85. The molecule has 2 N–H and O–H groups in total. The first-order chi connectivity index (χ1) is 8.74. The van der Waals surface area contributed by atoms with E-state index in [0.717, 1.165) is 36.3 Å². The molecule has 0 radical (unpaired) electrons. The first-order valence-corrected chi connectivity index (χ1v) is 6.25. The summed E-state index contributed by atoms with van der Waals surface area (Å²) in [7, 11) is 0. The number of aromatic hydroxyl groups is 1.